The van der Waals surface area contributed by atoms with Crippen molar-refractivity contribution in [2.75, 3.05) is 0 Å². The molecular formula is C18H23NO3. The minimum atomic E-state index is -0.950. The highest BCUT2D eigenvalue weighted by Gasteiger charge is 2.35. The van der Waals surface area contributed by atoms with Crippen LogP contribution in [0.1, 0.15) is 38.3 Å². The molecule has 1 aliphatic rings. The molecule has 4 nitrogen and oxygen atoms in total. The second kappa shape index (κ2) is 6.34. The Hall–Kier alpha value is -2.10. The number of hydrogen-bond donors (Lipinski definition) is 2. The summed E-state index contributed by atoms with van der Waals surface area (Å²) in [7, 11) is 0. The number of benzene rings is 1. The maximum Gasteiger partial charge on any atom is 0.311 e. The predicted molar refractivity (Wildman–Crippen MR) is 85.4 cm³/mol. The fourth-order valence-corrected chi connectivity index (χ4v) is 2.40. The number of rotatable bonds is 6. The van der Waals surface area contributed by atoms with Gasteiger partial charge < -0.3 is 10.4 Å². The summed E-state index contributed by atoms with van der Waals surface area (Å²) in [5.74, 6) is -2.41. The van der Waals surface area contributed by atoms with E-state index in [1.807, 2.05) is 12.1 Å². The van der Waals surface area contributed by atoms with Crippen molar-refractivity contribution in [1.82, 2.24) is 5.32 Å². The average Bonchev–Trinajstić information content (AvgIpc) is 2.43. The van der Waals surface area contributed by atoms with Gasteiger partial charge in [0.05, 0.1) is 11.8 Å². The van der Waals surface area contributed by atoms with E-state index in [0.29, 0.717) is 6.54 Å². The summed E-state index contributed by atoms with van der Waals surface area (Å²) in [4.78, 5) is 22.9. The molecule has 0 unspecified atom stereocenters. The van der Waals surface area contributed by atoms with Gasteiger partial charge in [0, 0.05) is 6.54 Å². The van der Waals surface area contributed by atoms with Crippen molar-refractivity contribution in [3.05, 3.63) is 47.5 Å². The molecule has 0 bridgehead atoms. The third kappa shape index (κ3) is 3.38. The second-order valence-corrected chi connectivity index (χ2v) is 6.43. The summed E-state index contributed by atoms with van der Waals surface area (Å²) in [5.41, 5.74) is 2.44. The molecule has 2 atom stereocenters. The van der Waals surface area contributed by atoms with Crippen LogP contribution < -0.4 is 5.32 Å². The van der Waals surface area contributed by atoms with Gasteiger partial charge in [0.15, 0.2) is 0 Å². The molecule has 0 spiro atoms. The Kier molecular flexibility index (Phi) is 4.69. The third-order valence-corrected chi connectivity index (χ3v) is 4.59. The zero-order valence-electron chi connectivity index (χ0n) is 13.3. The number of hydrogen-bond acceptors (Lipinski definition) is 2. The maximum atomic E-state index is 12.0. The van der Waals surface area contributed by atoms with Gasteiger partial charge >= 0.3 is 5.97 Å². The highest BCUT2D eigenvalue weighted by atomic mass is 16.4. The van der Waals surface area contributed by atoms with Crippen molar-refractivity contribution in [1.29, 1.82) is 0 Å². The number of carbonyl (C=O) groups is 2. The van der Waals surface area contributed by atoms with E-state index in [0.717, 1.165) is 12.0 Å². The van der Waals surface area contributed by atoms with Crippen LogP contribution in [-0.2, 0) is 21.5 Å². The van der Waals surface area contributed by atoms with E-state index < -0.39 is 17.8 Å². The lowest BCUT2D eigenvalue weighted by Crippen LogP contribution is -2.39. The standard InChI is InChI=1S/C18H23NO3/c1-4-18(2,3)13-7-5-12(6-8-13)11-19-16(20)14-9-10-15(14)17(21)22/h5-10,14-15H,4,11H2,1-3H3,(H,19,20)(H,21,22)/t14-,15+/m1/s1. The smallest absolute Gasteiger partial charge is 0.311 e. The van der Waals surface area contributed by atoms with E-state index in [1.165, 1.54) is 5.56 Å². The van der Waals surface area contributed by atoms with Crippen LogP contribution in [-0.4, -0.2) is 17.0 Å². The predicted octanol–water partition coefficient (Wildman–Crippen LogP) is 2.88. The first kappa shape index (κ1) is 16.3. The number of aliphatic carboxylic acids is 1. The molecule has 0 heterocycles. The van der Waals surface area contributed by atoms with Gasteiger partial charge in [0.1, 0.15) is 0 Å². The Bertz CT molecular complexity index is 587. The SMILES string of the molecule is CCC(C)(C)c1ccc(CNC(=O)[C@@H]2C=C[C@@H]2C(=O)O)cc1. The lowest BCUT2D eigenvalue weighted by molar-refractivity contribution is -0.145. The zero-order chi connectivity index (χ0) is 16.3. The van der Waals surface area contributed by atoms with E-state index in [9.17, 15) is 9.59 Å². The first-order chi connectivity index (χ1) is 10.3. The largest absolute Gasteiger partial charge is 0.481 e. The highest BCUT2D eigenvalue weighted by molar-refractivity contribution is 5.89. The number of carboxylic acid groups (broad SMARTS) is 1. The fourth-order valence-electron chi connectivity index (χ4n) is 2.40. The monoisotopic (exact) mass is 301 g/mol. The molecule has 0 aromatic heterocycles. The number of nitrogens with one attached hydrogen (secondary N) is 1. The molecule has 0 fully saturated rings. The van der Waals surface area contributed by atoms with Crippen LogP contribution in [0.25, 0.3) is 0 Å². The maximum absolute atomic E-state index is 12.0. The Morgan fingerprint density at radius 3 is 2.18 bits per heavy atom. The third-order valence-electron chi connectivity index (χ3n) is 4.59. The summed E-state index contributed by atoms with van der Waals surface area (Å²) in [5, 5.41) is 11.7. The topological polar surface area (TPSA) is 66.4 Å². The summed E-state index contributed by atoms with van der Waals surface area (Å²) >= 11 is 0. The number of carbonyl (C=O) groups excluding carboxylic acids is 1. The fraction of sp³-hybridized carbons (Fsp3) is 0.444. The average molecular weight is 301 g/mol. The van der Waals surface area contributed by atoms with Gasteiger partial charge in [-0.2, -0.15) is 0 Å². The minimum absolute atomic E-state index is 0.146. The van der Waals surface area contributed by atoms with Crippen LogP contribution in [0, 0.1) is 11.8 Å². The van der Waals surface area contributed by atoms with Crippen LogP contribution in [0.5, 0.6) is 0 Å². The van der Waals surface area contributed by atoms with Crippen molar-refractivity contribution in [3.8, 4) is 0 Å². The quantitative estimate of drug-likeness (QED) is 0.794. The van der Waals surface area contributed by atoms with E-state index in [2.05, 4.69) is 38.2 Å². The van der Waals surface area contributed by atoms with Crippen molar-refractivity contribution >= 4 is 11.9 Å². The van der Waals surface area contributed by atoms with Crippen molar-refractivity contribution in [3.63, 3.8) is 0 Å². The van der Waals surface area contributed by atoms with E-state index >= 15 is 0 Å². The number of carboxylic acids is 1. The van der Waals surface area contributed by atoms with Crippen LogP contribution in [0.4, 0.5) is 0 Å². The zero-order valence-corrected chi connectivity index (χ0v) is 13.3. The van der Waals surface area contributed by atoms with Crippen LogP contribution in [0.2, 0.25) is 0 Å². The van der Waals surface area contributed by atoms with E-state index in [4.69, 9.17) is 5.11 Å². The van der Waals surface area contributed by atoms with Crippen molar-refractivity contribution in [2.24, 2.45) is 11.8 Å². The summed E-state index contributed by atoms with van der Waals surface area (Å²) in [6.45, 7) is 7.00. The second-order valence-electron chi connectivity index (χ2n) is 6.43. The number of amides is 1. The molecule has 2 rings (SSSR count). The van der Waals surface area contributed by atoms with Crippen LogP contribution in [0.3, 0.4) is 0 Å². The Balaban J connectivity index is 1.91. The van der Waals surface area contributed by atoms with Crippen molar-refractivity contribution in [2.45, 2.75) is 39.2 Å². The molecule has 2 N–H and O–H groups in total. The molecule has 22 heavy (non-hydrogen) atoms. The molecule has 0 radical (unpaired) electrons. The van der Waals surface area contributed by atoms with E-state index in [1.54, 1.807) is 12.2 Å². The Labute approximate surface area is 131 Å². The van der Waals surface area contributed by atoms with Gasteiger partial charge in [-0.05, 0) is 23.0 Å². The first-order valence-corrected chi connectivity index (χ1v) is 7.63. The molecule has 1 aliphatic carbocycles. The minimum Gasteiger partial charge on any atom is -0.481 e. The van der Waals surface area contributed by atoms with Crippen molar-refractivity contribution < 1.29 is 14.7 Å². The molecule has 0 saturated heterocycles. The normalized spacial score (nSPS) is 20.3. The van der Waals surface area contributed by atoms with Gasteiger partial charge in [-0.3, -0.25) is 9.59 Å². The molecule has 1 aromatic carbocycles. The lowest BCUT2D eigenvalue weighted by atomic mass is 9.81. The molecule has 1 aromatic rings. The lowest BCUT2D eigenvalue weighted by Gasteiger charge is -2.25. The van der Waals surface area contributed by atoms with Gasteiger partial charge in [-0.25, -0.2) is 0 Å². The highest BCUT2D eigenvalue weighted by Crippen LogP contribution is 2.27. The van der Waals surface area contributed by atoms with Gasteiger partial charge in [0.25, 0.3) is 0 Å². The Morgan fingerprint density at radius 2 is 1.73 bits per heavy atom. The van der Waals surface area contributed by atoms with Gasteiger partial charge in [-0.15, -0.1) is 0 Å². The molecule has 0 saturated carbocycles. The summed E-state index contributed by atoms with van der Waals surface area (Å²) in [6.07, 6.45) is 4.25. The molecule has 118 valence electrons. The molecule has 0 aliphatic heterocycles. The molecule has 1 amide bonds. The van der Waals surface area contributed by atoms with Gasteiger partial charge in [0.2, 0.25) is 5.91 Å². The summed E-state index contributed by atoms with van der Waals surface area (Å²) in [6, 6.07) is 8.21. The van der Waals surface area contributed by atoms with E-state index in [-0.39, 0.29) is 11.3 Å². The first-order valence-electron chi connectivity index (χ1n) is 7.63. The van der Waals surface area contributed by atoms with Crippen LogP contribution >= 0.6 is 0 Å². The molecule has 4 heteroatoms. The Morgan fingerprint density at radius 1 is 1.14 bits per heavy atom. The summed E-state index contributed by atoms with van der Waals surface area (Å²) < 4.78 is 0. The van der Waals surface area contributed by atoms with Gasteiger partial charge in [-0.1, -0.05) is 57.2 Å². The van der Waals surface area contributed by atoms with Crippen LogP contribution in [0.15, 0.2) is 36.4 Å². The molecular weight excluding hydrogens is 278 g/mol.